The van der Waals surface area contributed by atoms with E-state index in [0.717, 1.165) is 31.5 Å². The molecule has 3 heteroatoms. The summed E-state index contributed by atoms with van der Waals surface area (Å²) in [4.78, 5) is 11.1. The first kappa shape index (κ1) is 13.9. The highest BCUT2D eigenvalue weighted by molar-refractivity contribution is 5.80. The van der Waals surface area contributed by atoms with Gasteiger partial charge in [-0.25, -0.2) is 0 Å². The monoisotopic (exact) mass is 262 g/mol. The Morgan fingerprint density at radius 3 is 2.16 bits per heavy atom. The van der Waals surface area contributed by atoms with Crippen LogP contribution in [0.25, 0.3) is 0 Å². The number of carbonyl (C=O) groups excluding carboxylic acids is 1. The van der Waals surface area contributed by atoms with Crippen LogP contribution in [-0.4, -0.2) is 19.5 Å². The van der Waals surface area contributed by atoms with Gasteiger partial charge in [0.2, 0.25) is 0 Å². The van der Waals surface area contributed by atoms with Crippen molar-refractivity contribution in [3.8, 4) is 11.5 Å². The number of aldehydes is 1. The molecule has 104 valence electrons. The van der Waals surface area contributed by atoms with Gasteiger partial charge in [0.15, 0.2) is 6.29 Å². The maximum atomic E-state index is 11.1. The molecule has 0 radical (unpaired) electrons. The molecule has 0 spiro atoms. The first-order valence-electron chi connectivity index (χ1n) is 7.25. The van der Waals surface area contributed by atoms with Crippen LogP contribution in [-0.2, 0) is 0 Å². The van der Waals surface area contributed by atoms with Gasteiger partial charge in [0.25, 0.3) is 0 Å². The van der Waals surface area contributed by atoms with Crippen LogP contribution in [0.4, 0.5) is 0 Å². The van der Waals surface area contributed by atoms with E-state index in [4.69, 9.17) is 9.47 Å². The van der Waals surface area contributed by atoms with Crippen molar-refractivity contribution in [2.24, 2.45) is 0 Å². The third kappa shape index (κ3) is 4.58. The molecule has 0 amide bonds. The first-order chi connectivity index (χ1) is 9.40. The number of hydrogen-bond acceptors (Lipinski definition) is 3. The number of ether oxygens (including phenoxy) is 2. The molecule has 1 aromatic rings. The van der Waals surface area contributed by atoms with Gasteiger partial charge >= 0.3 is 0 Å². The van der Waals surface area contributed by atoms with Gasteiger partial charge in [-0.3, -0.25) is 4.79 Å². The van der Waals surface area contributed by atoms with E-state index in [2.05, 4.69) is 0 Å². The lowest BCUT2D eigenvalue weighted by molar-refractivity contribution is 0.111. The van der Waals surface area contributed by atoms with Crippen molar-refractivity contribution >= 4 is 6.29 Å². The lowest BCUT2D eigenvalue weighted by Crippen LogP contribution is -2.01. The molecule has 3 nitrogen and oxygen atoms in total. The van der Waals surface area contributed by atoms with E-state index in [-0.39, 0.29) is 0 Å². The Labute approximate surface area is 114 Å². The fourth-order valence-electron chi connectivity index (χ4n) is 2.30. The summed E-state index contributed by atoms with van der Waals surface area (Å²) in [6, 6.07) is 5.47. The zero-order valence-electron chi connectivity index (χ0n) is 11.4. The van der Waals surface area contributed by atoms with Crippen LogP contribution in [0.15, 0.2) is 18.2 Å². The van der Waals surface area contributed by atoms with E-state index in [9.17, 15) is 4.79 Å². The average molecular weight is 262 g/mol. The number of carbonyl (C=O) groups is 1. The quantitative estimate of drug-likeness (QED) is 0.718. The summed E-state index contributed by atoms with van der Waals surface area (Å²) in [5.41, 5.74) is 0.576. The van der Waals surface area contributed by atoms with Gasteiger partial charge in [-0.2, -0.15) is 0 Å². The van der Waals surface area contributed by atoms with E-state index >= 15 is 0 Å². The molecule has 0 atom stereocenters. The summed E-state index contributed by atoms with van der Waals surface area (Å²) in [6.07, 6.45) is 9.22. The van der Waals surface area contributed by atoms with Crippen LogP contribution in [0.2, 0.25) is 0 Å². The highest BCUT2D eigenvalue weighted by Crippen LogP contribution is 2.24. The Morgan fingerprint density at radius 1 is 0.842 bits per heavy atom. The summed E-state index contributed by atoms with van der Waals surface area (Å²) in [5, 5.41) is 0. The second kappa shape index (κ2) is 7.82. The van der Waals surface area contributed by atoms with Crippen LogP contribution >= 0.6 is 0 Å². The molecule has 2 aliphatic rings. The Bertz CT molecular complexity index is 401. The normalized spacial score (nSPS) is 17.7. The van der Waals surface area contributed by atoms with Crippen molar-refractivity contribution < 1.29 is 14.3 Å². The van der Waals surface area contributed by atoms with Crippen molar-refractivity contribution in [3.05, 3.63) is 23.8 Å². The zero-order valence-corrected chi connectivity index (χ0v) is 11.4. The number of benzene rings is 1. The lowest BCUT2D eigenvalue weighted by Gasteiger charge is -2.10. The Kier molecular flexibility index (Phi) is 5.73. The number of rotatable bonds is 1. The highest BCUT2D eigenvalue weighted by Gasteiger charge is 2.06. The second-order valence-electron chi connectivity index (χ2n) is 4.99. The Morgan fingerprint density at radius 2 is 1.47 bits per heavy atom. The molecule has 0 aromatic heterocycles. The third-order valence-corrected chi connectivity index (χ3v) is 3.42. The van der Waals surface area contributed by atoms with Gasteiger partial charge < -0.3 is 9.47 Å². The molecule has 2 bridgehead atoms. The van der Waals surface area contributed by atoms with Gasteiger partial charge in [-0.1, -0.05) is 32.1 Å². The van der Waals surface area contributed by atoms with E-state index in [1.54, 1.807) is 6.07 Å². The maximum Gasteiger partial charge on any atom is 0.153 e. The Hall–Kier alpha value is -1.51. The molecule has 0 N–H and O–H groups in total. The largest absolute Gasteiger partial charge is 0.494 e. The summed E-state index contributed by atoms with van der Waals surface area (Å²) < 4.78 is 11.3. The molecular weight excluding hydrogens is 240 g/mol. The number of fused-ring (bicyclic) bond motifs is 12. The molecule has 0 aliphatic carbocycles. The third-order valence-electron chi connectivity index (χ3n) is 3.42. The van der Waals surface area contributed by atoms with Crippen molar-refractivity contribution in [1.29, 1.82) is 0 Å². The van der Waals surface area contributed by atoms with Gasteiger partial charge in [-0.15, -0.1) is 0 Å². The molecule has 0 unspecified atom stereocenters. The molecular formula is C16H22O3. The summed E-state index contributed by atoms with van der Waals surface area (Å²) >= 11 is 0. The minimum Gasteiger partial charge on any atom is -0.494 e. The summed E-state index contributed by atoms with van der Waals surface area (Å²) in [5.74, 6) is 1.42. The predicted octanol–water partition coefficient (Wildman–Crippen LogP) is 4.00. The van der Waals surface area contributed by atoms with Gasteiger partial charge in [0.1, 0.15) is 11.5 Å². The van der Waals surface area contributed by atoms with Crippen molar-refractivity contribution in [3.63, 3.8) is 0 Å². The SMILES string of the molecule is O=Cc1cc2ccc1OCCCCCCCCCO2. The molecule has 2 aliphatic heterocycles. The van der Waals surface area contributed by atoms with Crippen LogP contribution in [0, 0.1) is 0 Å². The second-order valence-corrected chi connectivity index (χ2v) is 4.99. The van der Waals surface area contributed by atoms with Crippen LogP contribution in [0.5, 0.6) is 11.5 Å². The minimum atomic E-state index is 0.576. The lowest BCUT2D eigenvalue weighted by atomic mass is 10.1. The van der Waals surface area contributed by atoms with Gasteiger partial charge in [-0.05, 0) is 31.0 Å². The molecule has 1 aromatic carbocycles. The highest BCUT2D eigenvalue weighted by atomic mass is 16.5. The first-order valence-corrected chi connectivity index (χ1v) is 7.25. The minimum absolute atomic E-state index is 0.576. The van der Waals surface area contributed by atoms with Crippen molar-refractivity contribution in [1.82, 2.24) is 0 Å². The molecule has 0 fully saturated rings. The smallest absolute Gasteiger partial charge is 0.153 e. The van der Waals surface area contributed by atoms with E-state index in [1.807, 2.05) is 12.1 Å². The fourth-order valence-corrected chi connectivity index (χ4v) is 2.30. The molecule has 0 saturated carbocycles. The molecule has 3 rings (SSSR count). The van der Waals surface area contributed by atoms with Crippen LogP contribution in [0.3, 0.4) is 0 Å². The van der Waals surface area contributed by atoms with Crippen molar-refractivity contribution in [2.45, 2.75) is 44.9 Å². The average Bonchev–Trinajstić information content (AvgIpc) is 2.46. The van der Waals surface area contributed by atoms with Crippen LogP contribution in [0.1, 0.15) is 55.3 Å². The van der Waals surface area contributed by atoms with E-state index in [1.165, 1.54) is 32.1 Å². The predicted molar refractivity (Wildman–Crippen MR) is 75.1 cm³/mol. The summed E-state index contributed by atoms with van der Waals surface area (Å²) in [7, 11) is 0. The van der Waals surface area contributed by atoms with Crippen molar-refractivity contribution in [2.75, 3.05) is 13.2 Å². The summed E-state index contributed by atoms with van der Waals surface area (Å²) in [6.45, 7) is 1.40. The fraction of sp³-hybridized carbons (Fsp3) is 0.562. The van der Waals surface area contributed by atoms with E-state index < -0.39 is 0 Å². The molecule has 2 heterocycles. The number of hydrogen-bond donors (Lipinski definition) is 0. The van der Waals surface area contributed by atoms with E-state index in [0.29, 0.717) is 17.9 Å². The standard InChI is InChI=1S/C16H22O3/c17-13-14-12-15-8-9-16(14)19-11-7-5-3-1-2-4-6-10-18-15/h8-9,12-13H,1-7,10-11H2. The van der Waals surface area contributed by atoms with Gasteiger partial charge in [0, 0.05) is 0 Å². The van der Waals surface area contributed by atoms with Gasteiger partial charge in [0.05, 0.1) is 18.8 Å². The van der Waals surface area contributed by atoms with Crippen LogP contribution < -0.4 is 9.47 Å². The maximum absolute atomic E-state index is 11.1. The zero-order chi connectivity index (χ0) is 13.3. The Balaban J connectivity index is 2.04. The molecule has 0 saturated heterocycles. The molecule has 19 heavy (non-hydrogen) atoms. The topological polar surface area (TPSA) is 35.5 Å².